The molecule has 2 aliphatic rings. The zero-order valence-corrected chi connectivity index (χ0v) is 11.8. The number of nitrogens with two attached hydrogens (primary N) is 1. The number of fused-ring (bicyclic) bond motifs is 1. The highest BCUT2D eigenvalue weighted by Gasteiger charge is 2.33. The first-order valence-corrected chi connectivity index (χ1v) is 7.35. The van der Waals surface area contributed by atoms with E-state index in [1.54, 1.807) is 0 Å². The number of nitrogen functional groups attached to an aromatic ring is 1. The van der Waals surface area contributed by atoms with Gasteiger partial charge in [-0.25, -0.2) is 4.98 Å². The number of nitrogens with zero attached hydrogens (tertiary/aromatic N) is 3. The minimum atomic E-state index is 0.608. The summed E-state index contributed by atoms with van der Waals surface area (Å²) in [5.74, 6) is 1.46. The Balaban J connectivity index is 1.60. The Kier molecular flexibility index (Phi) is 3.71. The van der Waals surface area contributed by atoms with Crippen LogP contribution < -0.4 is 5.73 Å². The number of pyridine rings is 1. The number of hydrogen-bond acceptors (Lipinski definition) is 4. The fourth-order valence-corrected chi connectivity index (χ4v) is 3.66. The number of likely N-dealkylation sites (tertiary alicyclic amines) is 2. The normalized spacial score (nSPS) is 29.1. The highest BCUT2D eigenvalue weighted by Crippen LogP contribution is 2.30. The van der Waals surface area contributed by atoms with E-state index in [4.69, 9.17) is 5.73 Å². The van der Waals surface area contributed by atoms with Crippen LogP contribution in [-0.2, 0) is 6.54 Å². The third kappa shape index (κ3) is 2.90. The summed E-state index contributed by atoms with van der Waals surface area (Å²) in [5, 5.41) is 0. The lowest BCUT2D eigenvalue weighted by Crippen LogP contribution is -2.52. The lowest BCUT2D eigenvalue weighted by atomic mass is 9.84. The Hall–Kier alpha value is -1.13. The van der Waals surface area contributed by atoms with E-state index in [1.807, 2.05) is 12.3 Å². The van der Waals surface area contributed by atoms with Crippen molar-refractivity contribution in [3.05, 3.63) is 23.9 Å². The maximum absolute atomic E-state index is 5.63. The van der Waals surface area contributed by atoms with Crippen molar-refractivity contribution < 1.29 is 0 Å². The lowest BCUT2D eigenvalue weighted by molar-refractivity contribution is 0.0354. The van der Waals surface area contributed by atoms with E-state index in [9.17, 15) is 0 Å². The number of rotatable bonds is 2. The quantitative estimate of drug-likeness (QED) is 0.877. The van der Waals surface area contributed by atoms with Gasteiger partial charge in [0.25, 0.3) is 0 Å². The second kappa shape index (κ2) is 5.47. The Labute approximate surface area is 115 Å². The van der Waals surface area contributed by atoms with Gasteiger partial charge >= 0.3 is 0 Å². The predicted octanol–water partition coefficient (Wildman–Crippen LogP) is 1.58. The fraction of sp³-hybridized carbons (Fsp3) is 0.667. The molecule has 0 radical (unpaired) electrons. The molecule has 4 nitrogen and oxygen atoms in total. The van der Waals surface area contributed by atoms with Gasteiger partial charge in [-0.2, -0.15) is 0 Å². The van der Waals surface area contributed by atoms with E-state index in [0.717, 1.165) is 18.5 Å². The maximum atomic E-state index is 5.63. The molecule has 0 aliphatic carbocycles. The molecule has 0 aromatic carbocycles. The average Bonchev–Trinajstić information content (AvgIpc) is 2.42. The smallest absolute Gasteiger partial charge is 0.123 e. The third-order valence-electron chi connectivity index (χ3n) is 4.68. The van der Waals surface area contributed by atoms with Gasteiger partial charge < -0.3 is 10.6 Å². The molecule has 0 bridgehead atoms. The summed E-state index contributed by atoms with van der Waals surface area (Å²) in [4.78, 5) is 9.32. The Bertz CT molecular complexity index is 417. The van der Waals surface area contributed by atoms with Crippen molar-refractivity contribution in [3.8, 4) is 0 Å². The Morgan fingerprint density at radius 3 is 3.00 bits per heavy atom. The van der Waals surface area contributed by atoms with Crippen molar-refractivity contribution in [1.82, 2.24) is 14.8 Å². The van der Waals surface area contributed by atoms with E-state index >= 15 is 0 Å². The summed E-state index contributed by atoms with van der Waals surface area (Å²) in [6.07, 6.45) is 5.97. The van der Waals surface area contributed by atoms with E-state index in [2.05, 4.69) is 27.9 Å². The molecule has 0 spiro atoms. The van der Waals surface area contributed by atoms with Crippen molar-refractivity contribution in [3.63, 3.8) is 0 Å². The molecule has 3 heterocycles. The topological polar surface area (TPSA) is 45.4 Å². The van der Waals surface area contributed by atoms with Crippen molar-refractivity contribution in [2.24, 2.45) is 5.92 Å². The lowest BCUT2D eigenvalue weighted by Gasteiger charge is -2.46. The van der Waals surface area contributed by atoms with Gasteiger partial charge in [-0.3, -0.25) is 4.90 Å². The largest absolute Gasteiger partial charge is 0.384 e. The summed E-state index contributed by atoms with van der Waals surface area (Å²) < 4.78 is 0. The number of piperidine rings is 2. The fourth-order valence-electron chi connectivity index (χ4n) is 3.66. The first kappa shape index (κ1) is 12.9. The van der Waals surface area contributed by atoms with Crippen molar-refractivity contribution >= 4 is 5.82 Å². The summed E-state index contributed by atoms with van der Waals surface area (Å²) in [6.45, 7) is 4.73. The van der Waals surface area contributed by atoms with Crippen LogP contribution in [0.2, 0.25) is 0 Å². The molecular formula is C15H24N4. The van der Waals surface area contributed by atoms with Crippen LogP contribution in [0.3, 0.4) is 0 Å². The van der Waals surface area contributed by atoms with E-state index in [0.29, 0.717) is 5.82 Å². The van der Waals surface area contributed by atoms with E-state index < -0.39 is 0 Å². The van der Waals surface area contributed by atoms with E-state index in [1.165, 1.54) is 44.5 Å². The average molecular weight is 260 g/mol. The maximum Gasteiger partial charge on any atom is 0.123 e. The Morgan fingerprint density at radius 2 is 2.21 bits per heavy atom. The molecule has 2 atom stereocenters. The summed E-state index contributed by atoms with van der Waals surface area (Å²) in [5.41, 5.74) is 6.91. The summed E-state index contributed by atoms with van der Waals surface area (Å²) in [6, 6.07) is 4.81. The number of aromatic nitrogens is 1. The second-order valence-electron chi connectivity index (χ2n) is 6.07. The van der Waals surface area contributed by atoms with Crippen molar-refractivity contribution in [2.75, 3.05) is 32.4 Å². The van der Waals surface area contributed by atoms with Gasteiger partial charge in [0.2, 0.25) is 0 Å². The molecule has 2 fully saturated rings. The first-order valence-electron chi connectivity index (χ1n) is 7.35. The van der Waals surface area contributed by atoms with Gasteiger partial charge in [0.05, 0.1) is 0 Å². The van der Waals surface area contributed by atoms with Crippen LogP contribution in [0.5, 0.6) is 0 Å². The molecule has 19 heavy (non-hydrogen) atoms. The van der Waals surface area contributed by atoms with Crippen molar-refractivity contribution in [2.45, 2.75) is 31.8 Å². The minimum absolute atomic E-state index is 0.608. The molecule has 2 saturated heterocycles. The van der Waals surface area contributed by atoms with Gasteiger partial charge in [0.15, 0.2) is 0 Å². The van der Waals surface area contributed by atoms with Gasteiger partial charge in [-0.05, 0) is 56.9 Å². The van der Waals surface area contributed by atoms with Crippen LogP contribution in [0, 0.1) is 5.92 Å². The molecule has 2 aliphatic heterocycles. The van der Waals surface area contributed by atoms with Crippen LogP contribution in [0.25, 0.3) is 0 Å². The minimum Gasteiger partial charge on any atom is -0.384 e. The molecule has 0 amide bonds. The molecule has 104 valence electrons. The molecule has 4 heteroatoms. The first-order chi connectivity index (χ1) is 9.22. The predicted molar refractivity (Wildman–Crippen MR) is 77.7 cm³/mol. The summed E-state index contributed by atoms with van der Waals surface area (Å²) in [7, 11) is 2.29. The molecule has 3 rings (SSSR count). The zero-order chi connectivity index (χ0) is 13.2. The van der Waals surface area contributed by atoms with E-state index in [-0.39, 0.29) is 0 Å². The van der Waals surface area contributed by atoms with Crippen LogP contribution in [-0.4, -0.2) is 47.5 Å². The van der Waals surface area contributed by atoms with Gasteiger partial charge in [0, 0.05) is 25.3 Å². The molecular weight excluding hydrogens is 236 g/mol. The van der Waals surface area contributed by atoms with Crippen LogP contribution in [0.1, 0.15) is 24.8 Å². The molecule has 2 N–H and O–H groups in total. The third-order valence-corrected chi connectivity index (χ3v) is 4.68. The number of anilines is 1. The standard InChI is InChI=1S/C15H24N4/c1-18-7-2-3-13-11-19(8-6-14(13)18)10-12-4-5-15(16)17-9-12/h4-5,9,13-14H,2-3,6-8,10-11H2,1H3,(H2,16,17). The summed E-state index contributed by atoms with van der Waals surface area (Å²) >= 11 is 0. The van der Waals surface area contributed by atoms with Gasteiger partial charge in [-0.15, -0.1) is 0 Å². The molecule has 1 aromatic rings. The SMILES string of the molecule is CN1CCCC2CN(Cc3ccc(N)nc3)CCC21. The highest BCUT2D eigenvalue weighted by atomic mass is 15.2. The number of hydrogen-bond donors (Lipinski definition) is 1. The second-order valence-corrected chi connectivity index (χ2v) is 6.07. The molecule has 1 aromatic heterocycles. The van der Waals surface area contributed by atoms with Crippen LogP contribution >= 0.6 is 0 Å². The highest BCUT2D eigenvalue weighted by molar-refractivity contribution is 5.29. The van der Waals surface area contributed by atoms with Gasteiger partial charge in [0.1, 0.15) is 5.82 Å². The van der Waals surface area contributed by atoms with Crippen LogP contribution in [0.4, 0.5) is 5.82 Å². The van der Waals surface area contributed by atoms with Crippen molar-refractivity contribution in [1.29, 1.82) is 0 Å². The monoisotopic (exact) mass is 260 g/mol. The Morgan fingerprint density at radius 1 is 1.32 bits per heavy atom. The molecule has 0 saturated carbocycles. The van der Waals surface area contributed by atoms with Crippen LogP contribution in [0.15, 0.2) is 18.3 Å². The molecule has 2 unspecified atom stereocenters. The zero-order valence-electron chi connectivity index (χ0n) is 11.8. The van der Waals surface area contributed by atoms with Gasteiger partial charge in [-0.1, -0.05) is 6.07 Å².